The third-order valence-electron chi connectivity index (χ3n) is 6.87. The summed E-state index contributed by atoms with van der Waals surface area (Å²) in [6.07, 6.45) is 0.231. The van der Waals surface area contributed by atoms with Gasteiger partial charge in [-0.3, -0.25) is 9.80 Å². The number of nitrogens with zero attached hydrogens (tertiary/aromatic N) is 4. The molecule has 1 saturated heterocycles. The van der Waals surface area contributed by atoms with Crippen LogP contribution in [0.25, 0.3) is 0 Å². The number of β-amino-alcohol motifs (C(OH)–C–C–N with tert-alkyl or cyclic N) is 3. The van der Waals surface area contributed by atoms with Crippen molar-refractivity contribution in [1.29, 1.82) is 0 Å². The summed E-state index contributed by atoms with van der Waals surface area (Å²) in [5.74, 6) is 0. The van der Waals surface area contributed by atoms with Gasteiger partial charge >= 0.3 is 6.09 Å². The summed E-state index contributed by atoms with van der Waals surface area (Å²) in [5.41, 5.74) is 0. The fourth-order valence-corrected chi connectivity index (χ4v) is 4.89. The van der Waals surface area contributed by atoms with Gasteiger partial charge in [-0.2, -0.15) is 0 Å². The zero-order chi connectivity index (χ0) is 29.6. The van der Waals surface area contributed by atoms with Crippen molar-refractivity contribution < 1.29 is 39.1 Å². The molecular formula is C28H58N4O8. The van der Waals surface area contributed by atoms with Gasteiger partial charge in [0.15, 0.2) is 0 Å². The number of carbonyl (C=O) groups excluding carboxylic acids is 1. The van der Waals surface area contributed by atoms with E-state index in [2.05, 4.69) is 14.7 Å². The fraction of sp³-hybridized carbons (Fsp3) is 0.964. The average molecular weight is 579 g/mol. The first-order valence-corrected chi connectivity index (χ1v) is 15.1. The zero-order valence-electron chi connectivity index (χ0n) is 25.5. The zero-order valence-corrected chi connectivity index (χ0v) is 25.5. The molecule has 3 N–H and O–H groups in total. The van der Waals surface area contributed by atoms with Crippen LogP contribution < -0.4 is 0 Å². The van der Waals surface area contributed by atoms with Crippen LogP contribution in [0, 0.1) is 0 Å². The number of aliphatic hydroxyl groups excluding tert-OH is 3. The van der Waals surface area contributed by atoms with E-state index in [1.807, 2.05) is 20.8 Å². The lowest BCUT2D eigenvalue weighted by Gasteiger charge is -2.31. The molecule has 0 aromatic rings. The Balaban J connectivity index is 3.00. The lowest BCUT2D eigenvalue weighted by Crippen LogP contribution is -2.44. The van der Waals surface area contributed by atoms with E-state index in [9.17, 15) is 20.1 Å². The van der Waals surface area contributed by atoms with Crippen LogP contribution in [0.5, 0.6) is 0 Å². The maximum absolute atomic E-state index is 12.5. The summed E-state index contributed by atoms with van der Waals surface area (Å²) in [6, 6.07) is 0. The molecule has 1 rings (SSSR count). The standard InChI is InChI=1S/C28H58N4O8/c1-5-38-22-25(33)19-29-11-8-12-30(20-26(34)23-39-6-2)17-18-31(21-27(35)24-40-7-3)14-10-16-32(15-9-13-29)28(36)37-4/h25-27,33-35H,5-24H2,1-4H3. The third kappa shape index (κ3) is 17.7. The topological polar surface area (TPSA) is 128 Å². The van der Waals surface area contributed by atoms with E-state index < -0.39 is 18.3 Å². The molecule has 3 unspecified atom stereocenters. The molecule has 0 saturated carbocycles. The van der Waals surface area contributed by atoms with Gasteiger partial charge < -0.3 is 44.1 Å². The molecule has 1 aliphatic rings. The highest BCUT2D eigenvalue weighted by Gasteiger charge is 2.20. The second-order valence-electron chi connectivity index (χ2n) is 10.4. The predicted octanol–water partition coefficient (Wildman–Crippen LogP) is 0.337. The average Bonchev–Trinajstić information content (AvgIpc) is 2.94. The molecule has 0 radical (unpaired) electrons. The van der Waals surface area contributed by atoms with Crippen LogP contribution in [-0.4, -0.2) is 178 Å². The fourth-order valence-electron chi connectivity index (χ4n) is 4.89. The van der Waals surface area contributed by atoms with Crippen molar-refractivity contribution in [3.05, 3.63) is 0 Å². The molecule has 40 heavy (non-hydrogen) atoms. The van der Waals surface area contributed by atoms with E-state index in [0.717, 1.165) is 45.4 Å². The molecule has 0 aliphatic carbocycles. The minimum atomic E-state index is -0.604. The first kappa shape index (κ1) is 36.9. The number of rotatable bonds is 15. The monoisotopic (exact) mass is 578 g/mol. The molecule has 3 atom stereocenters. The van der Waals surface area contributed by atoms with Crippen molar-refractivity contribution in [2.75, 3.05) is 119 Å². The Morgan fingerprint density at radius 1 is 0.600 bits per heavy atom. The SMILES string of the molecule is CCOCC(O)CN1CCCN(CC(O)COCC)CCN(CC(O)COCC)CCCN(C(=O)OC)CCC1. The van der Waals surface area contributed by atoms with E-state index in [-0.39, 0.29) is 12.7 Å². The highest BCUT2D eigenvalue weighted by atomic mass is 16.5. The third-order valence-corrected chi connectivity index (χ3v) is 6.87. The Kier molecular flexibility index (Phi) is 21.7. The van der Waals surface area contributed by atoms with Crippen LogP contribution in [-0.2, 0) is 18.9 Å². The molecule has 0 aromatic heterocycles. The molecule has 0 aromatic carbocycles. The number of aliphatic hydroxyl groups is 3. The summed E-state index contributed by atoms with van der Waals surface area (Å²) in [7, 11) is 1.40. The van der Waals surface area contributed by atoms with Gasteiger partial charge in [-0.15, -0.1) is 0 Å². The Labute approximate surface area is 242 Å². The van der Waals surface area contributed by atoms with Gasteiger partial charge in [-0.1, -0.05) is 0 Å². The van der Waals surface area contributed by atoms with Gasteiger partial charge in [0, 0.05) is 65.6 Å². The number of methoxy groups -OCH3 is 1. The van der Waals surface area contributed by atoms with Gasteiger partial charge in [0.05, 0.1) is 45.2 Å². The lowest BCUT2D eigenvalue weighted by molar-refractivity contribution is 0.00863. The van der Waals surface area contributed by atoms with Crippen molar-refractivity contribution in [2.24, 2.45) is 0 Å². The second-order valence-corrected chi connectivity index (χ2v) is 10.4. The minimum Gasteiger partial charge on any atom is -0.453 e. The molecule has 238 valence electrons. The van der Waals surface area contributed by atoms with Crippen molar-refractivity contribution in [3.8, 4) is 0 Å². The molecular weight excluding hydrogens is 520 g/mol. The van der Waals surface area contributed by atoms with Gasteiger partial charge in [0.25, 0.3) is 0 Å². The Morgan fingerprint density at radius 2 is 0.925 bits per heavy atom. The molecule has 0 spiro atoms. The Bertz CT molecular complexity index is 621. The van der Waals surface area contributed by atoms with Crippen LogP contribution in [0.15, 0.2) is 0 Å². The lowest BCUT2D eigenvalue weighted by atomic mass is 10.2. The molecule has 12 nitrogen and oxygen atoms in total. The number of amides is 1. The van der Waals surface area contributed by atoms with Crippen molar-refractivity contribution >= 4 is 6.09 Å². The summed E-state index contributed by atoms with van der Waals surface area (Å²) in [4.78, 5) is 20.9. The summed E-state index contributed by atoms with van der Waals surface area (Å²) in [6.45, 7) is 15.3. The van der Waals surface area contributed by atoms with E-state index >= 15 is 0 Å². The van der Waals surface area contributed by atoms with Crippen molar-refractivity contribution in [2.45, 2.75) is 58.3 Å². The first-order chi connectivity index (χ1) is 19.3. The Hall–Kier alpha value is -1.09. The molecule has 12 heteroatoms. The van der Waals surface area contributed by atoms with Gasteiger partial charge in [-0.25, -0.2) is 4.79 Å². The predicted molar refractivity (Wildman–Crippen MR) is 155 cm³/mol. The van der Waals surface area contributed by atoms with E-state index in [0.29, 0.717) is 78.8 Å². The number of ether oxygens (including phenoxy) is 4. The van der Waals surface area contributed by atoms with Crippen LogP contribution in [0.2, 0.25) is 0 Å². The summed E-state index contributed by atoms with van der Waals surface area (Å²) >= 11 is 0. The summed E-state index contributed by atoms with van der Waals surface area (Å²) < 4.78 is 21.3. The second kappa shape index (κ2) is 23.5. The van der Waals surface area contributed by atoms with Crippen molar-refractivity contribution in [3.63, 3.8) is 0 Å². The van der Waals surface area contributed by atoms with Gasteiger partial charge in [0.2, 0.25) is 0 Å². The van der Waals surface area contributed by atoms with Crippen LogP contribution >= 0.6 is 0 Å². The van der Waals surface area contributed by atoms with Crippen LogP contribution in [0.3, 0.4) is 0 Å². The maximum atomic E-state index is 12.5. The largest absolute Gasteiger partial charge is 0.453 e. The molecule has 1 fully saturated rings. The van der Waals surface area contributed by atoms with E-state index in [1.54, 1.807) is 4.90 Å². The number of hydrogen-bond donors (Lipinski definition) is 3. The van der Waals surface area contributed by atoms with Crippen LogP contribution in [0.4, 0.5) is 4.79 Å². The van der Waals surface area contributed by atoms with Gasteiger partial charge in [-0.05, 0) is 66.2 Å². The minimum absolute atomic E-state index is 0.281. The van der Waals surface area contributed by atoms with Crippen LogP contribution in [0.1, 0.15) is 40.0 Å². The maximum Gasteiger partial charge on any atom is 0.409 e. The highest BCUT2D eigenvalue weighted by Crippen LogP contribution is 2.07. The highest BCUT2D eigenvalue weighted by molar-refractivity contribution is 5.67. The van der Waals surface area contributed by atoms with E-state index in [4.69, 9.17) is 18.9 Å². The van der Waals surface area contributed by atoms with Crippen molar-refractivity contribution in [1.82, 2.24) is 19.6 Å². The number of carbonyl (C=O) groups is 1. The normalized spacial score (nSPS) is 20.4. The van der Waals surface area contributed by atoms with Gasteiger partial charge in [0.1, 0.15) is 0 Å². The molecule has 0 bridgehead atoms. The van der Waals surface area contributed by atoms with E-state index in [1.165, 1.54) is 7.11 Å². The Morgan fingerprint density at radius 3 is 1.25 bits per heavy atom. The quantitative estimate of drug-likeness (QED) is 0.249. The summed E-state index contributed by atoms with van der Waals surface area (Å²) in [5, 5.41) is 31.6. The smallest absolute Gasteiger partial charge is 0.409 e. The molecule has 1 heterocycles. The first-order valence-electron chi connectivity index (χ1n) is 15.1. The molecule has 1 aliphatic heterocycles. The number of hydrogen-bond acceptors (Lipinski definition) is 11. The molecule has 1 amide bonds.